The molecule has 1 aromatic carbocycles. The Morgan fingerprint density at radius 2 is 2.12 bits per heavy atom. The summed E-state index contributed by atoms with van der Waals surface area (Å²) in [4.78, 5) is 19.1. The highest BCUT2D eigenvalue weighted by molar-refractivity contribution is 7.13. The van der Waals surface area contributed by atoms with E-state index >= 15 is 0 Å². The first kappa shape index (κ1) is 17.0. The van der Waals surface area contributed by atoms with Crippen molar-refractivity contribution < 1.29 is 14.3 Å². The van der Waals surface area contributed by atoms with Crippen LogP contribution in [0.4, 0.5) is 4.39 Å². The molecular formula is C18H21FN2O2S. The molecule has 24 heavy (non-hydrogen) atoms. The van der Waals surface area contributed by atoms with Crippen LogP contribution in [0.25, 0.3) is 0 Å². The van der Waals surface area contributed by atoms with Crippen LogP contribution in [-0.4, -0.2) is 40.6 Å². The topological polar surface area (TPSA) is 53.4 Å². The molecule has 1 fully saturated rings. The number of benzene rings is 1. The van der Waals surface area contributed by atoms with Crippen molar-refractivity contribution in [3.63, 3.8) is 0 Å². The lowest BCUT2D eigenvalue weighted by atomic mass is 10.1. The van der Waals surface area contributed by atoms with Crippen molar-refractivity contribution in [2.45, 2.75) is 31.8 Å². The minimum absolute atomic E-state index is 0.0584. The highest BCUT2D eigenvalue weighted by atomic mass is 32.1. The standard InChI is InChI=1S/C18H21FN2O2S/c1-21(11-13-3-2-4-15(13)22)18(23)16-10-20-17(24-16)9-12-5-7-14(19)8-6-12/h5-8,10,13,15,22H,2-4,9,11H2,1H3. The lowest BCUT2D eigenvalue weighted by Crippen LogP contribution is -2.34. The third kappa shape index (κ3) is 3.99. The van der Waals surface area contributed by atoms with Crippen LogP contribution in [-0.2, 0) is 6.42 Å². The number of carbonyl (C=O) groups excluding carboxylic acids is 1. The van der Waals surface area contributed by atoms with Crippen LogP contribution >= 0.6 is 11.3 Å². The zero-order valence-electron chi connectivity index (χ0n) is 13.6. The number of amides is 1. The van der Waals surface area contributed by atoms with Crippen molar-refractivity contribution in [3.05, 3.63) is 51.7 Å². The Morgan fingerprint density at radius 1 is 1.38 bits per heavy atom. The van der Waals surface area contributed by atoms with E-state index in [9.17, 15) is 14.3 Å². The maximum absolute atomic E-state index is 12.9. The van der Waals surface area contributed by atoms with E-state index in [1.165, 1.54) is 23.5 Å². The third-order valence-corrected chi connectivity index (χ3v) is 5.49. The highest BCUT2D eigenvalue weighted by Crippen LogP contribution is 2.27. The maximum atomic E-state index is 12.9. The molecule has 128 valence electrons. The number of rotatable bonds is 5. The first-order chi connectivity index (χ1) is 11.5. The van der Waals surface area contributed by atoms with Crippen molar-refractivity contribution in [3.8, 4) is 0 Å². The van der Waals surface area contributed by atoms with Gasteiger partial charge in [-0.25, -0.2) is 9.37 Å². The number of thiazole rings is 1. The Labute approximate surface area is 145 Å². The molecule has 1 N–H and O–H groups in total. The van der Waals surface area contributed by atoms with Crippen LogP contribution in [0.1, 0.15) is 39.5 Å². The van der Waals surface area contributed by atoms with Crippen LogP contribution in [0.2, 0.25) is 0 Å². The number of aromatic nitrogens is 1. The minimum Gasteiger partial charge on any atom is -0.393 e. The first-order valence-electron chi connectivity index (χ1n) is 8.15. The van der Waals surface area contributed by atoms with E-state index in [1.807, 2.05) is 0 Å². The molecule has 2 aromatic rings. The fraction of sp³-hybridized carbons (Fsp3) is 0.444. The third-order valence-electron chi connectivity index (χ3n) is 4.51. The number of aliphatic hydroxyl groups is 1. The van der Waals surface area contributed by atoms with Crippen molar-refractivity contribution in [2.75, 3.05) is 13.6 Å². The quantitative estimate of drug-likeness (QED) is 0.903. The van der Waals surface area contributed by atoms with Crippen molar-refractivity contribution in [1.29, 1.82) is 0 Å². The fourth-order valence-electron chi connectivity index (χ4n) is 3.12. The number of nitrogens with zero attached hydrogens (tertiary/aromatic N) is 2. The van der Waals surface area contributed by atoms with Gasteiger partial charge in [-0.15, -0.1) is 11.3 Å². The van der Waals surface area contributed by atoms with Gasteiger partial charge in [0.2, 0.25) is 0 Å². The van der Waals surface area contributed by atoms with E-state index in [-0.39, 0.29) is 23.7 Å². The van der Waals surface area contributed by atoms with Gasteiger partial charge in [-0.05, 0) is 30.5 Å². The molecule has 0 saturated heterocycles. The normalized spacial score (nSPS) is 20.3. The molecule has 2 unspecified atom stereocenters. The molecule has 1 aliphatic rings. The predicted molar refractivity (Wildman–Crippen MR) is 91.6 cm³/mol. The van der Waals surface area contributed by atoms with Gasteiger partial charge in [-0.2, -0.15) is 0 Å². The summed E-state index contributed by atoms with van der Waals surface area (Å²) < 4.78 is 12.9. The summed E-state index contributed by atoms with van der Waals surface area (Å²) in [5.41, 5.74) is 0.965. The number of hydrogen-bond acceptors (Lipinski definition) is 4. The second-order valence-electron chi connectivity index (χ2n) is 6.37. The highest BCUT2D eigenvalue weighted by Gasteiger charge is 2.28. The number of halogens is 1. The van der Waals surface area contributed by atoms with Gasteiger partial charge >= 0.3 is 0 Å². The van der Waals surface area contributed by atoms with E-state index in [2.05, 4.69) is 4.98 Å². The number of carbonyl (C=O) groups is 1. The zero-order valence-corrected chi connectivity index (χ0v) is 14.4. The average Bonchev–Trinajstić information content (AvgIpc) is 3.19. The van der Waals surface area contributed by atoms with Gasteiger partial charge in [0.25, 0.3) is 5.91 Å². The molecule has 4 nitrogen and oxygen atoms in total. The van der Waals surface area contributed by atoms with Gasteiger partial charge in [0, 0.05) is 25.9 Å². The molecule has 2 atom stereocenters. The van der Waals surface area contributed by atoms with Crippen LogP contribution in [0.15, 0.2) is 30.5 Å². The smallest absolute Gasteiger partial charge is 0.265 e. The SMILES string of the molecule is CN(CC1CCCC1O)C(=O)c1cnc(Cc2ccc(F)cc2)s1. The van der Waals surface area contributed by atoms with E-state index in [0.29, 0.717) is 17.8 Å². The minimum atomic E-state index is -0.296. The van der Waals surface area contributed by atoms with Crippen LogP contribution < -0.4 is 0 Å². The summed E-state index contributed by atoms with van der Waals surface area (Å²) in [6.07, 6.45) is 4.72. The van der Waals surface area contributed by atoms with E-state index in [0.717, 1.165) is 29.8 Å². The molecular weight excluding hydrogens is 327 g/mol. The van der Waals surface area contributed by atoms with Gasteiger partial charge < -0.3 is 10.0 Å². The Morgan fingerprint density at radius 3 is 2.79 bits per heavy atom. The fourth-order valence-corrected chi connectivity index (χ4v) is 4.07. The Bertz CT molecular complexity index is 701. The molecule has 1 heterocycles. The van der Waals surface area contributed by atoms with Gasteiger partial charge in [-0.3, -0.25) is 4.79 Å². The summed E-state index contributed by atoms with van der Waals surface area (Å²) in [7, 11) is 1.77. The average molecular weight is 348 g/mol. The monoisotopic (exact) mass is 348 g/mol. The number of aliphatic hydroxyl groups excluding tert-OH is 1. The van der Waals surface area contributed by atoms with Crippen molar-refractivity contribution >= 4 is 17.2 Å². The molecule has 0 aliphatic heterocycles. The predicted octanol–water partition coefficient (Wildman–Crippen LogP) is 3.11. The molecule has 3 rings (SSSR count). The second kappa shape index (κ2) is 7.40. The van der Waals surface area contributed by atoms with Crippen LogP contribution in [0.3, 0.4) is 0 Å². The Kier molecular flexibility index (Phi) is 5.26. The molecule has 1 amide bonds. The molecule has 6 heteroatoms. The molecule has 1 saturated carbocycles. The molecule has 0 bridgehead atoms. The van der Waals surface area contributed by atoms with Crippen LogP contribution in [0, 0.1) is 11.7 Å². The van der Waals surface area contributed by atoms with Crippen molar-refractivity contribution in [1.82, 2.24) is 9.88 Å². The van der Waals surface area contributed by atoms with Gasteiger partial charge in [-0.1, -0.05) is 18.6 Å². The summed E-state index contributed by atoms with van der Waals surface area (Å²) in [5.74, 6) is -0.146. The number of hydrogen-bond donors (Lipinski definition) is 1. The van der Waals surface area contributed by atoms with Gasteiger partial charge in [0.1, 0.15) is 10.7 Å². The Hall–Kier alpha value is -1.79. The first-order valence-corrected chi connectivity index (χ1v) is 8.97. The maximum Gasteiger partial charge on any atom is 0.265 e. The Balaban J connectivity index is 1.61. The largest absolute Gasteiger partial charge is 0.393 e. The summed E-state index contributed by atoms with van der Waals surface area (Å²) in [5, 5.41) is 10.7. The summed E-state index contributed by atoms with van der Waals surface area (Å²) in [6, 6.07) is 6.31. The molecule has 0 spiro atoms. The van der Waals surface area contributed by atoms with Gasteiger partial charge in [0.15, 0.2) is 0 Å². The second-order valence-corrected chi connectivity index (χ2v) is 7.48. The van der Waals surface area contributed by atoms with E-state index in [1.54, 1.807) is 30.3 Å². The van der Waals surface area contributed by atoms with E-state index in [4.69, 9.17) is 0 Å². The summed E-state index contributed by atoms with van der Waals surface area (Å²) in [6.45, 7) is 0.575. The molecule has 1 aliphatic carbocycles. The van der Waals surface area contributed by atoms with Crippen molar-refractivity contribution in [2.24, 2.45) is 5.92 Å². The zero-order chi connectivity index (χ0) is 17.1. The molecule has 0 radical (unpaired) electrons. The molecule has 1 aromatic heterocycles. The lowest BCUT2D eigenvalue weighted by Gasteiger charge is -2.22. The lowest BCUT2D eigenvalue weighted by molar-refractivity contribution is 0.0697. The van der Waals surface area contributed by atoms with Gasteiger partial charge in [0.05, 0.1) is 17.3 Å². The summed E-state index contributed by atoms with van der Waals surface area (Å²) >= 11 is 1.37. The van der Waals surface area contributed by atoms with E-state index < -0.39 is 0 Å². The van der Waals surface area contributed by atoms with Crippen LogP contribution in [0.5, 0.6) is 0 Å².